The van der Waals surface area contributed by atoms with Gasteiger partial charge in [-0.1, -0.05) is 27.5 Å². The fourth-order valence-corrected chi connectivity index (χ4v) is 2.03. The van der Waals surface area contributed by atoms with Crippen LogP contribution in [0.2, 0.25) is 5.02 Å². The van der Waals surface area contributed by atoms with Crippen LogP contribution in [-0.2, 0) is 6.54 Å². The van der Waals surface area contributed by atoms with E-state index in [9.17, 15) is 4.79 Å². The molecule has 2 rings (SSSR count). The van der Waals surface area contributed by atoms with Gasteiger partial charge in [0.25, 0.3) is 0 Å². The Balaban J connectivity index is 2.14. The Kier molecular flexibility index (Phi) is 3.93. The molecule has 0 fully saturated rings. The van der Waals surface area contributed by atoms with Crippen LogP contribution in [0, 0.1) is 0 Å². The molecule has 0 radical (unpaired) electrons. The first-order valence-corrected chi connectivity index (χ1v) is 6.23. The Hall–Kier alpha value is -1.46. The van der Waals surface area contributed by atoms with E-state index in [1.165, 1.54) is 6.26 Å². The second-order valence-electron chi connectivity index (χ2n) is 3.56. The standard InChI is InChI=1S/C12H9BrClNO3/c13-8-1-2-9(14)10(5-8)15-6-7-3-4-18-11(7)12(16)17/h1-5,15H,6H2,(H,16,17). The highest BCUT2D eigenvalue weighted by molar-refractivity contribution is 9.10. The third-order valence-corrected chi connectivity index (χ3v) is 3.16. The number of aromatic carboxylic acids is 1. The summed E-state index contributed by atoms with van der Waals surface area (Å²) in [6, 6.07) is 7.01. The maximum absolute atomic E-state index is 10.9. The third-order valence-electron chi connectivity index (χ3n) is 2.34. The molecule has 0 aliphatic carbocycles. The van der Waals surface area contributed by atoms with Crippen LogP contribution in [0.1, 0.15) is 16.1 Å². The summed E-state index contributed by atoms with van der Waals surface area (Å²) >= 11 is 9.36. The number of hydrogen-bond donors (Lipinski definition) is 2. The van der Waals surface area contributed by atoms with E-state index in [1.807, 2.05) is 12.1 Å². The molecular weight excluding hydrogens is 321 g/mol. The van der Waals surface area contributed by atoms with Crippen molar-refractivity contribution >= 4 is 39.2 Å². The average Bonchev–Trinajstić information content (AvgIpc) is 2.79. The van der Waals surface area contributed by atoms with Gasteiger partial charge in [0.15, 0.2) is 0 Å². The molecular formula is C12H9BrClNO3. The quantitative estimate of drug-likeness (QED) is 0.889. The van der Waals surface area contributed by atoms with Crippen molar-refractivity contribution in [3.8, 4) is 0 Å². The molecule has 0 aliphatic heterocycles. The summed E-state index contributed by atoms with van der Waals surface area (Å²) in [7, 11) is 0. The molecule has 0 amide bonds. The van der Waals surface area contributed by atoms with Gasteiger partial charge in [0.1, 0.15) is 0 Å². The molecule has 4 nitrogen and oxygen atoms in total. The minimum atomic E-state index is -1.09. The summed E-state index contributed by atoms with van der Waals surface area (Å²) < 4.78 is 5.78. The average molecular weight is 331 g/mol. The summed E-state index contributed by atoms with van der Waals surface area (Å²) in [5.74, 6) is -1.15. The van der Waals surface area contributed by atoms with Crippen LogP contribution < -0.4 is 5.32 Å². The predicted octanol–water partition coefficient (Wildman–Crippen LogP) is 4.01. The molecule has 0 atom stereocenters. The van der Waals surface area contributed by atoms with Gasteiger partial charge in [-0.15, -0.1) is 0 Å². The Bertz CT molecular complexity index is 582. The molecule has 2 N–H and O–H groups in total. The zero-order valence-electron chi connectivity index (χ0n) is 9.11. The summed E-state index contributed by atoms with van der Waals surface area (Å²) in [6.07, 6.45) is 1.35. The number of carboxylic acids is 1. The Morgan fingerprint density at radius 3 is 2.94 bits per heavy atom. The van der Waals surface area contributed by atoms with Crippen molar-refractivity contribution < 1.29 is 14.3 Å². The van der Waals surface area contributed by atoms with Crippen molar-refractivity contribution in [3.05, 3.63) is 51.3 Å². The first-order valence-electron chi connectivity index (χ1n) is 5.06. The molecule has 18 heavy (non-hydrogen) atoms. The Morgan fingerprint density at radius 1 is 1.44 bits per heavy atom. The highest BCUT2D eigenvalue weighted by Gasteiger charge is 2.13. The van der Waals surface area contributed by atoms with Crippen molar-refractivity contribution in [3.63, 3.8) is 0 Å². The number of benzene rings is 1. The number of nitrogens with one attached hydrogen (secondary N) is 1. The molecule has 2 aromatic rings. The van der Waals surface area contributed by atoms with Gasteiger partial charge in [0.2, 0.25) is 5.76 Å². The van der Waals surface area contributed by atoms with Gasteiger partial charge < -0.3 is 14.8 Å². The normalized spacial score (nSPS) is 10.3. The number of carboxylic acid groups (broad SMARTS) is 1. The minimum absolute atomic E-state index is 0.0615. The monoisotopic (exact) mass is 329 g/mol. The Morgan fingerprint density at radius 2 is 2.22 bits per heavy atom. The molecule has 0 spiro atoms. The van der Waals surface area contributed by atoms with Crippen molar-refractivity contribution in [2.45, 2.75) is 6.54 Å². The Labute approximate surface area is 117 Å². The summed E-state index contributed by atoms with van der Waals surface area (Å²) in [4.78, 5) is 10.9. The maximum atomic E-state index is 10.9. The van der Waals surface area contributed by atoms with E-state index < -0.39 is 5.97 Å². The number of anilines is 1. The van der Waals surface area contributed by atoms with Gasteiger partial charge in [-0.25, -0.2) is 4.79 Å². The summed E-state index contributed by atoms with van der Waals surface area (Å²) in [5, 5.41) is 12.5. The van der Waals surface area contributed by atoms with Gasteiger partial charge in [-0.2, -0.15) is 0 Å². The van der Waals surface area contributed by atoms with E-state index in [-0.39, 0.29) is 5.76 Å². The van der Waals surface area contributed by atoms with Crippen LogP contribution in [0.15, 0.2) is 39.4 Å². The lowest BCUT2D eigenvalue weighted by atomic mass is 10.2. The lowest BCUT2D eigenvalue weighted by Crippen LogP contribution is -2.04. The second kappa shape index (κ2) is 5.46. The number of carbonyl (C=O) groups is 1. The lowest BCUT2D eigenvalue weighted by Gasteiger charge is -2.08. The number of furan rings is 1. The van der Waals surface area contributed by atoms with Gasteiger partial charge in [0.05, 0.1) is 17.0 Å². The van der Waals surface area contributed by atoms with E-state index in [0.29, 0.717) is 17.1 Å². The molecule has 0 saturated heterocycles. The van der Waals surface area contributed by atoms with Gasteiger partial charge in [-0.05, 0) is 24.3 Å². The largest absolute Gasteiger partial charge is 0.475 e. The SMILES string of the molecule is O=C(O)c1occc1CNc1cc(Br)ccc1Cl. The summed E-state index contributed by atoms with van der Waals surface area (Å²) in [5.41, 5.74) is 1.29. The zero-order valence-corrected chi connectivity index (χ0v) is 11.5. The topological polar surface area (TPSA) is 62.5 Å². The first kappa shape index (κ1) is 13.0. The predicted molar refractivity (Wildman–Crippen MR) is 72.1 cm³/mol. The van der Waals surface area contributed by atoms with E-state index in [2.05, 4.69) is 21.2 Å². The molecule has 94 valence electrons. The van der Waals surface area contributed by atoms with E-state index >= 15 is 0 Å². The van der Waals surface area contributed by atoms with Crippen LogP contribution in [0.5, 0.6) is 0 Å². The zero-order chi connectivity index (χ0) is 13.1. The van der Waals surface area contributed by atoms with E-state index in [1.54, 1.807) is 12.1 Å². The molecule has 1 aromatic heterocycles. The molecule has 0 unspecified atom stereocenters. The van der Waals surface area contributed by atoms with Crippen LogP contribution in [-0.4, -0.2) is 11.1 Å². The van der Waals surface area contributed by atoms with Crippen LogP contribution in [0.25, 0.3) is 0 Å². The molecule has 6 heteroatoms. The molecule has 1 aromatic carbocycles. The highest BCUT2D eigenvalue weighted by atomic mass is 79.9. The van der Waals surface area contributed by atoms with Crippen LogP contribution in [0.3, 0.4) is 0 Å². The van der Waals surface area contributed by atoms with Crippen molar-refractivity contribution in [1.29, 1.82) is 0 Å². The van der Waals surface area contributed by atoms with Gasteiger partial charge >= 0.3 is 5.97 Å². The fraction of sp³-hybridized carbons (Fsp3) is 0.0833. The minimum Gasteiger partial charge on any atom is -0.475 e. The molecule has 0 bridgehead atoms. The maximum Gasteiger partial charge on any atom is 0.372 e. The summed E-state index contributed by atoms with van der Waals surface area (Å²) in [6.45, 7) is 0.328. The fourth-order valence-electron chi connectivity index (χ4n) is 1.49. The van der Waals surface area contributed by atoms with Crippen LogP contribution >= 0.6 is 27.5 Å². The van der Waals surface area contributed by atoms with Crippen molar-refractivity contribution in [2.75, 3.05) is 5.32 Å². The number of rotatable bonds is 4. The van der Waals surface area contributed by atoms with Crippen LogP contribution in [0.4, 0.5) is 5.69 Å². The second-order valence-corrected chi connectivity index (χ2v) is 4.88. The number of halogens is 2. The van der Waals surface area contributed by atoms with Gasteiger partial charge in [-0.3, -0.25) is 0 Å². The number of hydrogen-bond acceptors (Lipinski definition) is 3. The molecule has 0 saturated carbocycles. The highest BCUT2D eigenvalue weighted by Crippen LogP contribution is 2.26. The van der Waals surface area contributed by atoms with E-state index in [0.717, 1.165) is 10.2 Å². The van der Waals surface area contributed by atoms with Crippen molar-refractivity contribution in [2.24, 2.45) is 0 Å². The smallest absolute Gasteiger partial charge is 0.372 e. The first-order chi connectivity index (χ1) is 8.58. The van der Waals surface area contributed by atoms with Gasteiger partial charge in [0, 0.05) is 16.6 Å². The van der Waals surface area contributed by atoms with Crippen molar-refractivity contribution in [1.82, 2.24) is 0 Å². The third kappa shape index (κ3) is 2.86. The van der Waals surface area contributed by atoms with E-state index in [4.69, 9.17) is 21.1 Å². The molecule has 1 heterocycles. The molecule has 0 aliphatic rings. The lowest BCUT2D eigenvalue weighted by molar-refractivity contribution is 0.0661.